The van der Waals surface area contributed by atoms with E-state index < -0.39 is 5.91 Å². The van der Waals surface area contributed by atoms with E-state index in [1.54, 1.807) is 25.3 Å². The molecule has 0 bridgehead atoms. The third kappa shape index (κ3) is 3.82. The van der Waals surface area contributed by atoms with E-state index in [2.05, 4.69) is 17.2 Å². The van der Waals surface area contributed by atoms with Gasteiger partial charge in [-0.15, -0.1) is 0 Å². The van der Waals surface area contributed by atoms with Crippen molar-refractivity contribution in [3.8, 4) is 17.6 Å². The molecule has 1 aromatic rings. The van der Waals surface area contributed by atoms with Crippen LogP contribution in [0.25, 0.3) is 0 Å². The zero-order chi connectivity index (χ0) is 12.7. The number of rotatable bonds is 4. The summed E-state index contributed by atoms with van der Waals surface area (Å²) in [5, 5.41) is 3.00. The molecule has 0 fully saturated rings. The van der Waals surface area contributed by atoms with Gasteiger partial charge in [-0.3, -0.25) is 4.79 Å². The van der Waals surface area contributed by atoms with E-state index in [-0.39, 0.29) is 0 Å². The number of nitrogens with one attached hydrogen (secondary N) is 1. The minimum Gasteiger partial charge on any atom is -0.497 e. The average Bonchev–Trinajstić information content (AvgIpc) is 2.34. The van der Waals surface area contributed by atoms with E-state index in [4.69, 9.17) is 10.5 Å². The van der Waals surface area contributed by atoms with Crippen LogP contribution >= 0.6 is 0 Å². The Balaban J connectivity index is 2.97. The van der Waals surface area contributed by atoms with Gasteiger partial charge in [0.1, 0.15) is 5.75 Å². The maximum Gasteiger partial charge on any atom is 0.250 e. The van der Waals surface area contributed by atoms with Crippen LogP contribution < -0.4 is 15.8 Å². The largest absolute Gasteiger partial charge is 0.497 e. The number of amides is 1. The van der Waals surface area contributed by atoms with E-state index in [9.17, 15) is 4.79 Å². The number of carbonyl (C=O) groups excluding carboxylic acids is 1. The summed E-state index contributed by atoms with van der Waals surface area (Å²) >= 11 is 0. The van der Waals surface area contributed by atoms with Gasteiger partial charge in [-0.05, 0) is 25.2 Å². The first-order chi connectivity index (χ1) is 8.19. The molecule has 17 heavy (non-hydrogen) atoms. The number of hydrogen-bond donors (Lipinski definition) is 2. The highest BCUT2D eigenvalue weighted by atomic mass is 16.5. The molecule has 0 unspecified atom stereocenters. The van der Waals surface area contributed by atoms with Gasteiger partial charge in [0.15, 0.2) is 0 Å². The van der Waals surface area contributed by atoms with Gasteiger partial charge in [-0.1, -0.05) is 11.8 Å². The Labute approximate surface area is 101 Å². The lowest BCUT2D eigenvalue weighted by molar-refractivity contribution is 0.0999. The van der Waals surface area contributed by atoms with Crippen molar-refractivity contribution in [3.05, 3.63) is 29.3 Å². The van der Waals surface area contributed by atoms with Gasteiger partial charge >= 0.3 is 0 Å². The number of methoxy groups -OCH3 is 1. The van der Waals surface area contributed by atoms with Crippen LogP contribution in [0.1, 0.15) is 22.3 Å². The first-order valence-corrected chi connectivity index (χ1v) is 5.30. The van der Waals surface area contributed by atoms with Crippen LogP contribution in [0.5, 0.6) is 5.75 Å². The molecule has 1 rings (SSSR count). The zero-order valence-electron chi connectivity index (χ0n) is 10.0. The third-order valence-corrected chi connectivity index (χ3v) is 2.22. The maximum atomic E-state index is 11.3. The van der Waals surface area contributed by atoms with Crippen molar-refractivity contribution in [1.82, 2.24) is 5.32 Å². The predicted molar refractivity (Wildman–Crippen MR) is 66.9 cm³/mol. The Morgan fingerprint density at radius 1 is 1.53 bits per heavy atom. The van der Waals surface area contributed by atoms with Crippen LogP contribution in [-0.2, 0) is 0 Å². The number of primary amides is 1. The van der Waals surface area contributed by atoms with Crippen molar-refractivity contribution in [2.24, 2.45) is 5.73 Å². The van der Waals surface area contributed by atoms with Crippen LogP contribution in [0.4, 0.5) is 0 Å². The molecule has 0 radical (unpaired) electrons. The van der Waals surface area contributed by atoms with E-state index in [1.165, 1.54) is 0 Å². The number of ether oxygens (including phenoxy) is 1. The Bertz CT molecular complexity index is 458. The van der Waals surface area contributed by atoms with Crippen LogP contribution in [0.2, 0.25) is 0 Å². The topological polar surface area (TPSA) is 64.3 Å². The van der Waals surface area contributed by atoms with Crippen LogP contribution in [0.15, 0.2) is 18.2 Å². The summed E-state index contributed by atoms with van der Waals surface area (Å²) in [6, 6.07) is 5.10. The van der Waals surface area contributed by atoms with E-state index in [0.29, 0.717) is 16.9 Å². The highest BCUT2D eigenvalue weighted by molar-refractivity contribution is 5.95. The van der Waals surface area contributed by atoms with E-state index in [0.717, 1.165) is 13.0 Å². The molecule has 4 nitrogen and oxygen atoms in total. The molecule has 0 saturated heterocycles. The first-order valence-electron chi connectivity index (χ1n) is 5.30. The molecule has 0 saturated carbocycles. The molecule has 0 aromatic heterocycles. The van der Waals surface area contributed by atoms with Crippen LogP contribution in [0.3, 0.4) is 0 Å². The molecule has 0 aliphatic rings. The van der Waals surface area contributed by atoms with Crippen molar-refractivity contribution in [3.63, 3.8) is 0 Å². The standard InChI is InChI=1S/C13H16N2O2/c1-15-8-4-3-5-10-6-7-11(17-2)9-12(10)13(14)16/h6-7,9,15H,4,8H2,1-2H3,(H2,14,16). The second-order valence-electron chi connectivity index (χ2n) is 3.43. The number of benzene rings is 1. The highest BCUT2D eigenvalue weighted by Crippen LogP contribution is 2.16. The summed E-state index contributed by atoms with van der Waals surface area (Å²) in [7, 11) is 3.41. The summed E-state index contributed by atoms with van der Waals surface area (Å²) in [6.07, 6.45) is 0.723. The lowest BCUT2D eigenvalue weighted by Gasteiger charge is -2.03. The fourth-order valence-corrected chi connectivity index (χ4v) is 1.31. The third-order valence-electron chi connectivity index (χ3n) is 2.22. The second-order valence-corrected chi connectivity index (χ2v) is 3.43. The Hall–Kier alpha value is -1.99. The molecule has 3 N–H and O–H groups in total. The first kappa shape index (κ1) is 13.1. The minimum absolute atomic E-state index is 0.390. The molecule has 0 heterocycles. The average molecular weight is 232 g/mol. The highest BCUT2D eigenvalue weighted by Gasteiger charge is 2.07. The van der Waals surface area contributed by atoms with E-state index in [1.807, 2.05) is 7.05 Å². The minimum atomic E-state index is -0.498. The summed E-state index contributed by atoms with van der Waals surface area (Å²) in [6.45, 7) is 0.815. The zero-order valence-corrected chi connectivity index (χ0v) is 10.0. The molecule has 4 heteroatoms. The molecule has 0 aliphatic carbocycles. The van der Waals surface area contributed by atoms with Gasteiger partial charge in [0.05, 0.1) is 12.7 Å². The quantitative estimate of drug-likeness (QED) is 0.595. The molecule has 90 valence electrons. The molecule has 1 aromatic carbocycles. The van der Waals surface area contributed by atoms with Crippen molar-refractivity contribution >= 4 is 5.91 Å². The van der Waals surface area contributed by atoms with Crippen molar-refractivity contribution in [1.29, 1.82) is 0 Å². The molecular formula is C13H16N2O2. The van der Waals surface area contributed by atoms with Gasteiger partial charge in [-0.25, -0.2) is 0 Å². The Kier molecular flexibility index (Phi) is 5.05. The molecule has 0 atom stereocenters. The van der Waals surface area contributed by atoms with Crippen molar-refractivity contribution in [2.75, 3.05) is 20.7 Å². The van der Waals surface area contributed by atoms with Gasteiger partial charge in [0.2, 0.25) is 5.91 Å². The summed E-state index contributed by atoms with van der Waals surface area (Å²) in [4.78, 5) is 11.3. The number of nitrogens with two attached hydrogens (primary N) is 1. The number of carbonyl (C=O) groups is 1. The van der Waals surface area contributed by atoms with Gasteiger partial charge in [0, 0.05) is 18.5 Å². The fourth-order valence-electron chi connectivity index (χ4n) is 1.31. The van der Waals surface area contributed by atoms with Crippen molar-refractivity contribution in [2.45, 2.75) is 6.42 Å². The molecule has 0 aliphatic heterocycles. The smallest absolute Gasteiger partial charge is 0.250 e. The van der Waals surface area contributed by atoms with Gasteiger partial charge in [-0.2, -0.15) is 0 Å². The lowest BCUT2D eigenvalue weighted by Crippen LogP contribution is -2.13. The monoisotopic (exact) mass is 232 g/mol. The summed E-state index contributed by atoms with van der Waals surface area (Å²) in [5.74, 6) is 6.01. The SMILES string of the molecule is CNCCC#Cc1ccc(OC)cc1C(N)=O. The number of hydrogen-bond acceptors (Lipinski definition) is 3. The summed E-state index contributed by atoms with van der Waals surface area (Å²) < 4.78 is 5.04. The van der Waals surface area contributed by atoms with Crippen LogP contribution in [0, 0.1) is 11.8 Å². The normalized spacial score (nSPS) is 9.29. The maximum absolute atomic E-state index is 11.3. The molecule has 1 amide bonds. The van der Waals surface area contributed by atoms with Gasteiger partial charge in [0.25, 0.3) is 0 Å². The lowest BCUT2D eigenvalue weighted by atomic mass is 10.1. The van der Waals surface area contributed by atoms with E-state index >= 15 is 0 Å². The molecule has 0 spiro atoms. The summed E-state index contributed by atoms with van der Waals surface area (Å²) in [5.41, 5.74) is 6.32. The predicted octanol–water partition coefficient (Wildman–Crippen LogP) is 0.755. The Morgan fingerprint density at radius 3 is 2.88 bits per heavy atom. The Morgan fingerprint density at radius 2 is 2.29 bits per heavy atom. The van der Waals surface area contributed by atoms with Crippen molar-refractivity contribution < 1.29 is 9.53 Å². The van der Waals surface area contributed by atoms with Crippen LogP contribution in [-0.4, -0.2) is 26.6 Å². The van der Waals surface area contributed by atoms with Gasteiger partial charge < -0.3 is 15.8 Å². The second kappa shape index (κ2) is 6.56. The molecular weight excluding hydrogens is 216 g/mol. The fraction of sp³-hybridized carbons (Fsp3) is 0.308.